The van der Waals surface area contributed by atoms with E-state index in [4.69, 9.17) is 0 Å². The van der Waals surface area contributed by atoms with Crippen LogP contribution in [0.2, 0.25) is 0 Å². The summed E-state index contributed by atoms with van der Waals surface area (Å²) < 4.78 is 0. The van der Waals surface area contributed by atoms with E-state index in [0.29, 0.717) is 18.1 Å². The van der Waals surface area contributed by atoms with Gasteiger partial charge in [0.25, 0.3) is 0 Å². The molecule has 1 heterocycles. The third kappa shape index (κ3) is 4.77. The van der Waals surface area contributed by atoms with Gasteiger partial charge in [-0.2, -0.15) is 0 Å². The number of hydrogen-bond donors (Lipinski definition) is 1. The van der Waals surface area contributed by atoms with Crippen LogP contribution in [0.25, 0.3) is 0 Å². The first-order chi connectivity index (χ1) is 8.40. The molecule has 0 atom stereocenters. The standard InChI is InChI=1S/C14H26N2O2/c1-10(2)7-15-14(18)12-8-16(9-12)6-5-13(17)11(3)4/h10-12H,5-9H2,1-4H3,(H,15,18). The number of ketones is 1. The van der Waals surface area contributed by atoms with Crippen molar-refractivity contribution in [3.05, 3.63) is 0 Å². The molecule has 0 aromatic heterocycles. The summed E-state index contributed by atoms with van der Waals surface area (Å²) in [5, 5.41) is 2.96. The van der Waals surface area contributed by atoms with Crippen LogP contribution in [0.3, 0.4) is 0 Å². The zero-order chi connectivity index (χ0) is 13.7. The summed E-state index contributed by atoms with van der Waals surface area (Å²) >= 11 is 0. The molecule has 0 aromatic carbocycles. The van der Waals surface area contributed by atoms with Gasteiger partial charge in [0.1, 0.15) is 5.78 Å². The number of amides is 1. The number of hydrogen-bond acceptors (Lipinski definition) is 3. The minimum absolute atomic E-state index is 0.122. The molecule has 1 rings (SSSR count). The minimum atomic E-state index is 0.122. The Bertz CT molecular complexity index is 294. The molecule has 0 bridgehead atoms. The molecule has 4 nitrogen and oxygen atoms in total. The number of likely N-dealkylation sites (tertiary alicyclic amines) is 1. The first kappa shape index (κ1) is 15.2. The fourth-order valence-electron chi connectivity index (χ4n) is 1.92. The summed E-state index contributed by atoms with van der Waals surface area (Å²) in [5.41, 5.74) is 0. The van der Waals surface area contributed by atoms with Crippen LogP contribution in [0.15, 0.2) is 0 Å². The first-order valence-electron chi connectivity index (χ1n) is 6.93. The van der Waals surface area contributed by atoms with Crippen LogP contribution >= 0.6 is 0 Å². The second-order valence-corrected chi connectivity index (χ2v) is 5.97. The molecule has 0 radical (unpaired) electrons. The van der Waals surface area contributed by atoms with Gasteiger partial charge in [0, 0.05) is 38.5 Å². The molecular formula is C14H26N2O2. The first-order valence-corrected chi connectivity index (χ1v) is 6.93. The van der Waals surface area contributed by atoms with E-state index in [1.807, 2.05) is 13.8 Å². The Labute approximate surface area is 110 Å². The van der Waals surface area contributed by atoms with Crippen LogP contribution in [-0.2, 0) is 9.59 Å². The molecule has 1 fully saturated rings. The van der Waals surface area contributed by atoms with Gasteiger partial charge >= 0.3 is 0 Å². The molecule has 1 N–H and O–H groups in total. The Hall–Kier alpha value is -0.900. The molecule has 0 unspecified atom stereocenters. The molecular weight excluding hydrogens is 228 g/mol. The van der Waals surface area contributed by atoms with E-state index in [1.54, 1.807) is 0 Å². The van der Waals surface area contributed by atoms with E-state index in [-0.39, 0.29) is 17.7 Å². The van der Waals surface area contributed by atoms with Crippen molar-refractivity contribution in [2.24, 2.45) is 17.8 Å². The van der Waals surface area contributed by atoms with Gasteiger partial charge < -0.3 is 10.2 Å². The van der Waals surface area contributed by atoms with Gasteiger partial charge in [0.2, 0.25) is 5.91 Å². The molecule has 0 saturated carbocycles. The number of rotatable bonds is 7. The zero-order valence-corrected chi connectivity index (χ0v) is 12.0. The van der Waals surface area contributed by atoms with Crippen LogP contribution in [0.5, 0.6) is 0 Å². The SMILES string of the molecule is CC(C)CNC(=O)C1CN(CCC(=O)C(C)C)C1. The van der Waals surface area contributed by atoms with Crippen molar-refractivity contribution in [3.8, 4) is 0 Å². The molecule has 0 aromatic rings. The highest BCUT2D eigenvalue weighted by Crippen LogP contribution is 2.16. The maximum absolute atomic E-state index is 11.7. The largest absolute Gasteiger partial charge is 0.356 e. The van der Waals surface area contributed by atoms with Crippen molar-refractivity contribution >= 4 is 11.7 Å². The molecule has 1 aliphatic rings. The Morgan fingerprint density at radius 1 is 1.22 bits per heavy atom. The molecule has 1 amide bonds. The van der Waals surface area contributed by atoms with Gasteiger partial charge in [-0.1, -0.05) is 27.7 Å². The van der Waals surface area contributed by atoms with E-state index in [9.17, 15) is 9.59 Å². The lowest BCUT2D eigenvalue weighted by molar-refractivity contribution is -0.130. The number of Topliss-reactive ketones (excluding diaryl/α,β-unsaturated/α-hetero) is 1. The van der Waals surface area contributed by atoms with E-state index in [1.165, 1.54) is 0 Å². The molecule has 18 heavy (non-hydrogen) atoms. The summed E-state index contributed by atoms with van der Waals surface area (Å²) in [7, 11) is 0. The average Bonchev–Trinajstić information content (AvgIpc) is 2.23. The van der Waals surface area contributed by atoms with Crippen LogP contribution in [-0.4, -0.2) is 42.8 Å². The second-order valence-electron chi connectivity index (χ2n) is 5.97. The number of nitrogens with one attached hydrogen (secondary N) is 1. The van der Waals surface area contributed by atoms with Crippen LogP contribution in [0.4, 0.5) is 0 Å². The predicted molar refractivity (Wildman–Crippen MR) is 72.2 cm³/mol. The smallest absolute Gasteiger partial charge is 0.225 e. The quantitative estimate of drug-likeness (QED) is 0.745. The Morgan fingerprint density at radius 2 is 1.83 bits per heavy atom. The summed E-state index contributed by atoms with van der Waals surface area (Å²) in [6, 6.07) is 0. The van der Waals surface area contributed by atoms with Crippen molar-refractivity contribution in [3.63, 3.8) is 0 Å². The number of nitrogens with zero attached hydrogens (tertiary/aromatic N) is 1. The molecule has 1 saturated heterocycles. The second kappa shape index (κ2) is 6.88. The van der Waals surface area contributed by atoms with Crippen molar-refractivity contribution in [1.82, 2.24) is 10.2 Å². The average molecular weight is 254 g/mol. The maximum Gasteiger partial charge on any atom is 0.225 e. The van der Waals surface area contributed by atoms with E-state index in [0.717, 1.165) is 26.2 Å². The normalized spacial score (nSPS) is 17.0. The molecule has 1 aliphatic heterocycles. The van der Waals surface area contributed by atoms with E-state index >= 15 is 0 Å². The van der Waals surface area contributed by atoms with Gasteiger partial charge in [0.15, 0.2) is 0 Å². The lowest BCUT2D eigenvalue weighted by Gasteiger charge is -2.38. The topological polar surface area (TPSA) is 49.4 Å². The summed E-state index contributed by atoms with van der Waals surface area (Å²) in [4.78, 5) is 25.4. The fraction of sp³-hybridized carbons (Fsp3) is 0.857. The zero-order valence-electron chi connectivity index (χ0n) is 12.0. The third-order valence-electron chi connectivity index (χ3n) is 3.33. The minimum Gasteiger partial charge on any atom is -0.356 e. The highest BCUT2D eigenvalue weighted by Gasteiger charge is 2.32. The predicted octanol–water partition coefficient (Wildman–Crippen LogP) is 1.31. The summed E-state index contributed by atoms with van der Waals surface area (Å²) in [5.74, 6) is 1.21. The highest BCUT2D eigenvalue weighted by molar-refractivity contribution is 5.81. The van der Waals surface area contributed by atoms with Crippen molar-refractivity contribution in [2.75, 3.05) is 26.2 Å². The Kier molecular flexibility index (Phi) is 5.79. The molecule has 0 aliphatic carbocycles. The van der Waals surface area contributed by atoms with Gasteiger partial charge in [-0.25, -0.2) is 0 Å². The highest BCUT2D eigenvalue weighted by atomic mass is 16.2. The van der Waals surface area contributed by atoms with Crippen LogP contribution in [0, 0.1) is 17.8 Å². The fourth-order valence-corrected chi connectivity index (χ4v) is 1.92. The lowest BCUT2D eigenvalue weighted by Crippen LogP contribution is -2.54. The van der Waals surface area contributed by atoms with Gasteiger partial charge in [0.05, 0.1) is 5.92 Å². The molecule has 4 heteroatoms. The number of carbonyl (C=O) groups is 2. The van der Waals surface area contributed by atoms with E-state index < -0.39 is 0 Å². The summed E-state index contributed by atoms with van der Waals surface area (Å²) in [6.45, 7) is 11.2. The van der Waals surface area contributed by atoms with Gasteiger partial charge in [-0.15, -0.1) is 0 Å². The van der Waals surface area contributed by atoms with Crippen molar-refractivity contribution < 1.29 is 9.59 Å². The van der Waals surface area contributed by atoms with E-state index in [2.05, 4.69) is 24.1 Å². The Balaban J connectivity index is 2.12. The summed E-state index contributed by atoms with van der Waals surface area (Å²) in [6.07, 6.45) is 0.609. The molecule has 104 valence electrons. The number of carbonyl (C=O) groups excluding carboxylic acids is 2. The van der Waals surface area contributed by atoms with Gasteiger partial charge in [-0.3, -0.25) is 9.59 Å². The third-order valence-corrected chi connectivity index (χ3v) is 3.33. The monoisotopic (exact) mass is 254 g/mol. The van der Waals surface area contributed by atoms with Crippen LogP contribution < -0.4 is 5.32 Å². The Morgan fingerprint density at radius 3 is 2.33 bits per heavy atom. The van der Waals surface area contributed by atoms with Gasteiger partial charge in [-0.05, 0) is 5.92 Å². The maximum atomic E-state index is 11.7. The molecule has 0 spiro atoms. The van der Waals surface area contributed by atoms with Crippen molar-refractivity contribution in [2.45, 2.75) is 34.1 Å². The van der Waals surface area contributed by atoms with Crippen molar-refractivity contribution in [1.29, 1.82) is 0 Å². The lowest BCUT2D eigenvalue weighted by atomic mass is 9.97. The van der Waals surface area contributed by atoms with Crippen LogP contribution in [0.1, 0.15) is 34.1 Å².